The Kier molecular flexibility index (Phi) is 2.96. The highest BCUT2D eigenvalue weighted by atomic mass is 32.1. The van der Waals surface area contributed by atoms with Gasteiger partial charge in [0, 0.05) is 28.4 Å². The molecule has 2 N–H and O–H groups in total. The fraction of sp³-hybridized carbons (Fsp3) is 0.0588. The lowest BCUT2D eigenvalue weighted by Gasteiger charge is -2.30. The summed E-state index contributed by atoms with van der Waals surface area (Å²) in [6, 6.07) is 16.2. The number of imide groups is 1. The van der Waals surface area contributed by atoms with Crippen molar-refractivity contribution in [2.75, 3.05) is 4.90 Å². The number of anilines is 1. The molecule has 23 heavy (non-hydrogen) atoms. The Labute approximate surface area is 137 Å². The molecule has 4 rings (SSSR count). The van der Waals surface area contributed by atoms with E-state index in [0.29, 0.717) is 11.3 Å². The van der Waals surface area contributed by atoms with Crippen molar-refractivity contribution in [1.82, 2.24) is 10.3 Å². The predicted octanol–water partition coefficient (Wildman–Crippen LogP) is 3.01. The summed E-state index contributed by atoms with van der Waals surface area (Å²) >= 11 is 4.65. The summed E-state index contributed by atoms with van der Waals surface area (Å²) in [6.45, 7) is 0. The van der Waals surface area contributed by atoms with E-state index >= 15 is 0 Å². The average molecular weight is 323 g/mol. The summed E-state index contributed by atoms with van der Waals surface area (Å²) in [5.74, 6) is -0.459. The van der Waals surface area contributed by atoms with Crippen LogP contribution in [0, 0.1) is 0 Å². The van der Waals surface area contributed by atoms with Gasteiger partial charge in [-0.15, -0.1) is 12.6 Å². The minimum absolute atomic E-state index is 0.459. The molecule has 0 saturated carbocycles. The molecule has 1 aromatic heterocycles. The predicted molar refractivity (Wildman–Crippen MR) is 91.4 cm³/mol. The topological polar surface area (TPSA) is 65.2 Å². The van der Waals surface area contributed by atoms with Crippen molar-refractivity contribution in [2.45, 2.75) is 4.87 Å². The summed E-state index contributed by atoms with van der Waals surface area (Å²) in [5, 5.41) is 3.22. The van der Waals surface area contributed by atoms with Crippen LogP contribution in [0.25, 0.3) is 10.9 Å². The number of hydrogen-bond acceptors (Lipinski definition) is 3. The Bertz CT molecular complexity index is 922. The molecule has 114 valence electrons. The number of para-hydroxylation sites is 2. The van der Waals surface area contributed by atoms with Crippen molar-refractivity contribution in [3.05, 3.63) is 66.4 Å². The van der Waals surface area contributed by atoms with Crippen LogP contribution in [0.3, 0.4) is 0 Å². The monoisotopic (exact) mass is 323 g/mol. The van der Waals surface area contributed by atoms with Crippen LogP contribution < -0.4 is 10.2 Å². The maximum absolute atomic E-state index is 12.6. The molecule has 3 aromatic rings. The van der Waals surface area contributed by atoms with Gasteiger partial charge in [0.05, 0.1) is 0 Å². The lowest BCUT2D eigenvalue weighted by molar-refractivity contribution is -0.120. The molecule has 0 radical (unpaired) electrons. The lowest BCUT2D eigenvalue weighted by Crippen LogP contribution is -2.42. The molecule has 0 bridgehead atoms. The zero-order chi connectivity index (χ0) is 16.0. The number of nitrogens with one attached hydrogen (secondary N) is 2. The number of aromatic nitrogens is 1. The van der Waals surface area contributed by atoms with Crippen LogP contribution in [-0.2, 0) is 9.67 Å². The number of hydrogen-bond donors (Lipinski definition) is 3. The highest BCUT2D eigenvalue weighted by Gasteiger charge is 2.53. The Hall–Kier alpha value is -2.73. The first-order chi connectivity index (χ1) is 11.1. The van der Waals surface area contributed by atoms with Gasteiger partial charge in [-0.25, -0.2) is 4.79 Å². The van der Waals surface area contributed by atoms with Gasteiger partial charge in [-0.3, -0.25) is 15.0 Å². The van der Waals surface area contributed by atoms with Crippen LogP contribution in [0.5, 0.6) is 0 Å². The number of aromatic amines is 1. The third-order valence-electron chi connectivity index (χ3n) is 4.04. The second kappa shape index (κ2) is 4.89. The lowest BCUT2D eigenvalue weighted by atomic mass is 10.0. The molecule has 1 aliphatic heterocycles. The van der Waals surface area contributed by atoms with Crippen molar-refractivity contribution < 1.29 is 9.59 Å². The summed E-state index contributed by atoms with van der Waals surface area (Å²) in [7, 11) is 0. The van der Waals surface area contributed by atoms with Gasteiger partial charge in [-0.2, -0.15) is 0 Å². The van der Waals surface area contributed by atoms with Crippen molar-refractivity contribution in [2.24, 2.45) is 0 Å². The SMILES string of the molecule is O=C1NC(=O)C(S)(c2c[nH]c3ccccc23)N1c1ccccc1. The molecule has 2 aromatic carbocycles. The molecule has 6 heteroatoms. The summed E-state index contributed by atoms with van der Waals surface area (Å²) < 4.78 is 0. The van der Waals surface area contributed by atoms with Crippen LogP contribution in [0.2, 0.25) is 0 Å². The van der Waals surface area contributed by atoms with Gasteiger partial charge >= 0.3 is 6.03 Å². The van der Waals surface area contributed by atoms with Crippen LogP contribution >= 0.6 is 12.6 Å². The first-order valence-corrected chi connectivity index (χ1v) is 7.57. The number of benzene rings is 2. The average Bonchev–Trinajstić information content (AvgIpc) is 3.08. The maximum atomic E-state index is 12.6. The van der Waals surface area contributed by atoms with E-state index in [-0.39, 0.29) is 0 Å². The second-order valence-corrected chi connectivity index (χ2v) is 6.00. The molecule has 0 aliphatic carbocycles. The van der Waals surface area contributed by atoms with Crippen LogP contribution in [-0.4, -0.2) is 16.9 Å². The van der Waals surface area contributed by atoms with E-state index in [0.717, 1.165) is 10.9 Å². The van der Waals surface area contributed by atoms with E-state index in [4.69, 9.17) is 0 Å². The number of amides is 3. The first kappa shape index (κ1) is 13.9. The molecule has 1 atom stereocenters. The fourth-order valence-corrected chi connectivity index (χ4v) is 3.42. The minimum atomic E-state index is -1.40. The van der Waals surface area contributed by atoms with Crippen LogP contribution in [0.1, 0.15) is 5.56 Å². The van der Waals surface area contributed by atoms with E-state index in [1.165, 1.54) is 4.90 Å². The third kappa shape index (κ3) is 1.88. The Balaban J connectivity index is 1.96. The zero-order valence-electron chi connectivity index (χ0n) is 12.0. The summed E-state index contributed by atoms with van der Waals surface area (Å²) in [5.41, 5.74) is 2.14. The maximum Gasteiger partial charge on any atom is 0.330 e. The Morgan fingerprint density at radius 2 is 1.65 bits per heavy atom. The molecule has 3 amide bonds. The Morgan fingerprint density at radius 1 is 0.957 bits per heavy atom. The van der Waals surface area contributed by atoms with Crippen LogP contribution in [0.4, 0.5) is 10.5 Å². The molecule has 0 spiro atoms. The van der Waals surface area contributed by atoms with Crippen LogP contribution in [0.15, 0.2) is 60.8 Å². The molecule has 2 heterocycles. The normalized spacial score (nSPS) is 21.0. The number of nitrogens with zero attached hydrogens (tertiary/aromatic N) is 1. The fourth-order valence-electron chi connectivity index (χ4n) is 2.97. The number of carbonyl (C=O) groups excluding carboxylic acids is 2. The number of H-pyrrole nitrogens is 1. The van der Waals surface area contributed by atoms with Crippen molar-refractivity contribution >= 4 is 41.2 Å². The largest absolute Gasteiger partial charge is 0.361 e. The molecular weight excluding hydrogens is 310 g/mol. The number of carbonyl (C=O) groups is 2. The van der Waals surface area contributed by atoms with Crippen molar-refractivity contribution in [3.63, 3.8) is 0 Å². The Morgan fingerprint density at radius 3 is 2.43 bits per heavy atom. The highest BCUT2D eigenvalue weighted by Crippen LogP contribution is 2.43. The van der Waals surface area contributed by atoms with E-state index in [1.807, 2.05) is 42.5 Å². The minimum Gasteiger partial charge on any atom is -0.361 e. The highest BCUT2D eigenvalue weighted by molar-refractivity contribution is 7.82. The van der Waals surface area contributed by atoms with Gasteiger partial charge in [-0.1, -0.05) is 36.4 Å². The number of urea groups is 1. The van der Waals surface area contributed by atoms with Gasteiger partial charge in [0.2, 0.25) is 0 Å². The summed E-state index contributed by atoms with van der Waals surface area (Å²) in [4.78, 5) is 28.0. The van der Waals surface area contributed by atoms with Gasteiger partial charge in [0.25, 0.3) is 5.91 Å². The number of rotatable bonds is 2. The molecule has 5 nitrogen and oxygen atoms in total. The molecular formula is C17H13N3O2S. The van der Waals surface area contributed by atoms with Gasteiger partial charge in [-0.05, 0) is 18.2 Å². The zero-order valence-corrected chi connectivity index (χ0v) is 12.9. The molecule has 1 fully saturated rings. The molecule has 1 unspecified atom stereocenters. The first-order valence-electron chi connectivity index (χ1n) is 7.12. The second-order valence-electron chi connectivity index (χ2n) is 5.35. The smallest absolute Gasteiger partial charge is 0.330 e. The van der Waals surface area contributed by atoms with E-state index in [2.05, 4.69) is 22.9 Å². The molecule has 1 aliphatic rings. The molecule has 1 saturated heterocycles. The van der Waals surface area contributed by atoms with Gasteiger partial charge < -0.3 is 4.98 Å². The third-order valence-corrected chi connectivity index (χ3v) is 4.69. The van der Waals surface area contributed by atoms with Crippen molar-refractivity contribution in [1.29, 1.82) is 0 Å². The van der Waals surface area contributed by atoms with Gasteiger partial charge in [0.1, 0.15) is 0 Å². The standard InChI is InChI=1S/C17H13N3O2S/c21-15-17(23,13-10-18-14-9-5-4-8-12(13)14)20(16(22)19-15)11-6-2-1-3-7-11/h1-10,18,23H,(H,19,21,22). The summed E-state index contributed by atoms with van der Waals surface area (Å²) in [6.07, 6.45) is 1.73. The van der Waals surface area contributed by atoms with E-state index in [9.17, 15) is 9.59 Å². The quantitative estimate of drug-likeness (QED) is 0.501. The van der Waals surface area contributed by atoms with E-state index in [1.54, 1.807) is 18.3 Å². The number of thiol groups is 1. The number of fused-ring (bicyclic) bond motifs is 1. The van der Waals surface area contributed by atoms with Gasteiger partial charge in [0.15, 0.2) is 4.87 Å². The van der Waals surface area contributed by atoms with E-state index < -0.39 is 16.8 Å². The van der Waals surface area contributed by atoms with Crippen molar-refractivity contribution in [3.8, 4) is 0 Å².